The van der Waals surface area contributed by atoms with Gasteiger partial charge in [-0.15, -0.1) is 0 Å². The number of carbonyl (C=O) groups excluding carboxylic acids is 2. The fourth-order valence-electron chi connectivity index (χ4n) is 8.75. The molecule has 0 heterocycles. The predicted octanol–water partition coefficient (Wildman–Crippen LogP) is 2.94. The average Bonchev–Trinajstić information content (AvgIpc) is 3.27. The van der Waals surface area contributed by atoms with Crippen molar-refractivity contribution in [3.8, 4) is 11.5 Å². The van der Waals surface area contributed by atoms with Crippen molar-refractivity contribution >= 4 is 11.7 Å². The third kappa shape index (κ3) is 2.81. The molecule has 4 saturated carbocycles. The fraction of sp³-hybridized carbons (Fsp3) is 0.586. The van der Waals surface area contributed by atoms with Crippen LogP contribution in [0.15, 0.2) is 42.0 Å². The number of nitrogens with one attached hydrogen (secondary N) is 1. The summed E-state index contributed by atoms with van der Waals surface area (Å²) in [5, 5.41) is 25.0. The molecule has 1 aromatic carbocycles. The van der Waals surface area contributed by atoms with Gasteiger partial charge in [0.05, 0.1) is 25.7 Å². The Balaban J connectivity index is 1.38. The van der Waals surface area contributed by atoms with E-state index in [1.807, 2.05) is 19.1 Å². The maximum atomic E-state index is 14.2. The molecule has 1 amide bonds. The molecule has 192 valence electrons. The summed E-state index contributed by atoms with van der Waals surface area (Å²) in [7, 11) is 3.18. The van der Waals surface area contributed by atoms with E-state index in [1.54, 1.807) is 20.3 Å². The number of ketones is 1. The molecule has 0 aromatic heterocycles. The van der Waals surface area contributed by atoms with Crippen molar-refractivity contribution in [2.75, 3.05) is 14.2 Å². The Hall–Kier alpha value is -2.64. The van der Waals surface area contributed by atoms with Gasteiger partial charge in [-0.05, 0) is 61.1 Å². The first kappa shape index (κ1) is 23.7. The van der Waals surface area contributed by atoms with Crippen LogP contribution < -0.4 is 14.8 Å². The maximum Gasteiger partial charge on any atom is 0.224 e. The van der Waals surface area contributed by atoms with Crippen molar-refractivity contribution in [3.05, 3.63) is 47.6 Å². The Bertz CT molecular complexity index is 1210. The van der Waals surface area contributed by atoms with Crippen LogP contribution in [0, 0.1) is 34.5 Å². The van der Waals surface area contributed by atoms with E-state index in [1.165, 1.54) is 5.57 Å². The number of carbonyl (C=O) groups is 2. The topological polar surface area (TPSA) is 105 Å². The summed E-state index contributed by atoms with van der Waals surface area (Å²) in [4.78, 5) is 27.3. The summed E-state index contributed by atoms with van der Waals surface area (Å²) >= 11 is 0. The molecule has 36 heavy (non-hydrogen) atoms. The third-order valence-corrected chi connectivity index (χ3v) is 10.5. The molecule has 2 bridgehead atoms. The number of allylic oxidation sites excluding steroid dienone is 2. The molecule has 0 aliphatic heterocycles. The van der Waals surface area contributed by atoms with Gasteiger partial charge in [0.25, 0.3) is 0 Å². The molecule has 6 rings (SSSR count). The second-order valence-corrected chi connectivity index (χ2v) is 11.8. The molecule has 0 radical (unpaired) electrons. The molecule has 5 aliphatic rings. The number of aliphatic hydroxyl groups is 2. The van der Waals surface area contributed by atoms with Gasteiger partial charge in [0, 0.05) is 35.4 Å². The molecule has 8 unspecified atom stereocenters. The van der Waals surface area contributed by atoms with Crippen LogP contribution in [0.25, 0.3) is 0 Å². The number of methoxy groups -OCH3 is 2. The number of hydrogen-bond acceptors (Lipinski definition) is 6. The van der Waals surface area contributed by atoms with E-state index >= 15 is 0 Å². The first-order valence-corrected chi connectivity index (χ1v) is 12.9. The quantitative estimate of drug-likeness (QED) is 0.545. The molecule has 1 aromatic rings. The van der Waals surface area contributed by atoms with Crippen LogP contribution in [0.3, 0.4) is 0 Å². The lowest BCUT2D eigenvalue weighted by molar-refractivity contribution is -0.178. The number of aliphatic hydroxyl groups excluding tert-OH is 1. The first-order valence-electron chi connectivity index (χ1n) is 12.9. The van der Waals surface area contributed by atoms with Crippen LogP contribution in [-0.4, -0.2) is 47.8 Å². The molecule has 7 nitrogen and oxygen atoms in total. The van der Waals surface area contributed by atoms with Gasteiger partial charge in [0.2, 0.25) is 5.91 Å². The highest BCUT2D eigenvalue weighted by molar-refractivity contribution is 5.98. The smallest absolute Gasteiger partial charge is 0.224 e. The van der Waals surface area contributed by atoms with E-state index in [9.17, 15) is 19.8 Å². The molecule has 8 atom stereocenters. The average molecular weight is 494 g/mol. The van der Waals surface area contributed by atoms with Gasteiger partial charge >= 0.3 is 0 Å². The minimum atomic E-state index is -0.962. The number of hydrogen-bond donors (Lipinski definition) is 3. The lowest BCUT2D eigenvalue weighted by Gasteiger charge is -2.56. The summed E-state index contributed by atoms with van der Waals surface area (Å²) in [5.41, 5.74) is 0.637. The third-order valence-electron chi connectivity index (χ3n) is 10.5. The zero-order valence-electron chi connectivity index (χ0n) is 21.2. The Morgan fingerprint density at radius 3 is 2.78 bits per heavy atom. The molecular formula is C29H35NO6. The van der Waals surface area contributed by atoms with Gasteiger partial charge in [-0.3, -0.25) is 9.59 Å². The van der Waals surface area contributed by atoms with Crippen LogP contribution in [-0.2, 0) is 16.1 Å². The number of fused-ring (bicyclic) bond motifs is 5. The van der Waals surface area contributed by atoms with E-state index in [0.717, 1.165) is 17.6 Å². The largest absolute Gasteiger partial charge is 0.497 e. The van der Waals surface area contributed by atoms with E-state index in [2.05, 4.69) is 18.0 Å². The minimum Gasteiger partial charge on any atom is -0.497 e. The van der Waals surface area contributed by atoms with Crippen molar-refractivity contribution < 1.29 is 29.3 Å². The lowest BCUT2D eigenvalue weighted by atomic mass is 9.46. The minimum absolute atomic E-state index is 0.110. The van der Waals surface area contributed by atoms with Gasteiger partial charge in [-0.25, -0.2) is 0 Å². The van der Waals surface area contributed by atoms with Crippen molar-refractivity contribution in [3.63, 3.8) is 0 Å². The number of benzene rings is 1. The number of rotatable bonds is 5. The van der Waals surface area contributed by atoms with Crippen LogP contribution in [0.2, 0.25) is 0 Å². The van der Waals surface area contributed by atoms with E-state index in [-0.39, 0.29) is 36.0 Å². The first-order chi connectivity index (χ1) is 17.1. The van der Waals surface area contributed by atoms with Gasteiger partial charge in [0.15, 0.2) is 5.78 Å². The summed E-state index contributed by atoms with van der Waals surface area (Å²) in [6, 6.07) is 5.49. The Kier molecular flexibility index (Phi) is 5.07. The standard InChI is InChI=1S/C29H35NO6/c1-15-12-28-14-29(15,34)10-9-19(28)18-7-8-20-24(31)25(32)27(20,2)22(18)23(28)26(33)30-13-16-5-6-17(35-3)11-21(16)36-4/h5-7,11,19-20,22-24,31,34H,1,8-10,12-14H2,2-4H3,(H,30,33). The molecule has 4 fully saturated rings. The predicted molar refractivity (Wildman–Crippen MR) is 132 cm³/mol. The zero-order valence-corrected chi connectivity index (χ0v) is 21.2. The van der Waals surface area contributed by atoms with Crippen LogP contribution >= 0.6 is 0 Å². The molecule has 3 N–H and O–H groups in total. The van der Waals surface area contributed by atoms with E-state index in [0.29, 0.717) is 37.2 Å². The number of Topliss-reactive ketones (excluding diaryl/α,β-unsaturated/α-hetero) is 1. The van der Waals surface area contributed by atoms with Crippen molar-refractivity contribution in [2.45, 2.75) is 57.3 Å². The van der Waals surface area contributed by atoms with Crippen molar-refractivity contribution in [1.82, 2.24) is 5.32 Å². The van der Waals surface area contributed by atoms with Gasteiger partial charge in [-0.2, -0.15) is 0 Å². The van der Waals surface area contributed by atoms with Crippen LogP contribution in [0.1, 0.15) is 44.6 Å². The monoisotopic (exact) mass is 493 g/mol. The Morgan fingerprint density at radius 2 is 2.06 bits per heavy atom. The number of ether oxygens (including phenoxy) is 2. The highest BCUT2D eigenvalue weighted by atomic mass is 16.5. The summed E-state index contributed by atoms with van der Waals surface area (Å²) < 4.78 is 10.8. The lowest BCUT2D eigenvalue weighted by Crippen LogP contribution is -2.66. The van der Waals surface area contributed by atoms with Crippen molar-refractivity contribution in [2.24, 2.45) is 34.5 Å². The Morgan fingerprint density at radius 1 is 1.28 bits per heavy atom. The molecule has 1 spiro atoms. The number of amides is 1. The summed E-state index contributed by atoms with van der Waals surface area (Å²) in [6.45, 7) is 6.44. The van der Waals surface area contributed by atoms with Crippen molar-refractivity contribution in [1.29, 1.82) is 0 Å². The summed E-state index contributed by atoms with van der Waals surface area (Å²) in [5.74, 6) is 0.245. The molecular weight excluding hydrogens is 458 g/mol. The van der Waals surface area contributed by atoms with E-state index in [4.69, 9.17) is 9.47 Å². The highest BCUT2D eigenvalue weighted by Gasteiger charge is 2.75. The molecule has 0 saturated heterocycles. The maximum absolute atomic E-state index is 14.2. The highest BCUT2D eigenvalue weighted by Crippen LogP contribution is 2.75. The SMILES string of the molecule is C=C1CC23CC1(O)CCC2C1=CCC2C(O)C(=O)C2(C)C1C3C(=O)NCc1ccc(OC)cc1OC. The van der Waals surface area contributed by atoms with Crippen LogP contribution in [0.4, 0.5) is 0 Å². The van der Waals surface area contributed by atoms with Gasteiger partial charge in [-0.1, -0.05) is 25.2 Å². The second-order valence-electron chi connectivity index (χ2n) is 11.8. The molecule has 5 aliphatic carbocycles. The molecule has 7 heteroatoms. The Labute approximate surface area is 211 Å². The van der Waals surface area contributed by atoms with E-state index < -0.39 is 28.5 Å². The van der Waals surface area contributed by atoms with Gasteiger partial charge in [0.1, 0.15) is 17.6 Å². The zero-order chi connectivity index (χ0) is 25.6. The fourth-order valence-corrected chi connectivity index (χ4v) is 8.75. The summed E-state index contributed by atoms with van der Waals surface area (Å²) in [6.07, 6.45) is 4.40. The van der Waals surface area contributed by atoms with Gasteiger partial charge < -0.3 is 25.0 Å². The normalized spacial score (nSPS) is 42.0. The van der Waals surface area contributed by atoms with Crippen LogP contribution in [0.5, 0.6) is 11.5 Å². The second kappa shape index (κ2) is 7.68.